The van der Waals surface area contributed by atoms with E-state index in [2.05, 4.69) is 15.0 Å². The minimum Gasteiger partial charge on any atom is -0.493 e. The van der Waals surface area contributed by atoms with Gasteiger partial charge in [0.15, 0.2) is 28.5 Å². The van der Waals surface area contributed by atoms with E-state index in [0.29, 0.717) is 60.4 Å². The number of hydrogen-bond acceptors (Lipinski definition) is 10. The topological polar surface area (TPSA) is 129 Å². The molecule has 2 N–H and O–H groups in total. The summed E-state index contributed by atoms with van der Waals surface area (Å²) in [5.74, 6) is 1.91. The molecule has 32 heavy (non-hydrogen) atoms. The summed E-state index contributed by atoms with van der Waals surface area (Å²) in [5.41, 5.74) is 8.35. The van der Waals surface area contributed by atoms with Gasteiger partial charge in [0.05, 0.1) is 26.1 Å². The first kappa shape index (κ1) is 21.5. The molecule has 0 bridgehead atoms. The highest BCUT2D eigenvalue weighted by Crippen LogP contribution is 2.32. The van der Waals surface area contributed by atoms with Gasteiger partial charge in [0, 0.05) is 38.9 Å². The van der Waals surface area contributed by atoms with Crippen molar-refractivity contribution in [2.24, 2.45) is 0 Å². The average molecular weight is 439 g/mol. The van der Waals surface area contributed by atoms with Crippen molar-refractivity contribution in [3.05, 3.63) is 24.4 Å². The van der Waals surface area contributed by atoms with Gasteiger partial charge in [-0.25, -0.2) is 9.97 Å². The number of aromatic nitrogens is 4. The van der Waals surface area contributed by atoms with Crippen LogP contribution >= 0.6 is 0 Å². The molecule has 0 atom stereocenters. The molecular weight excluding hydrogens is 414 g/mol. The molecule has 1 aliphatic heterocycles. The van der Waals surface area contributed by atoms with Crippen molar-refractivity contribution in [1.82, 2.24) is 24.8 Å². The van der Waals surface area contributed by atoms with E-state index >= 15 is 0 Å². The SMILES string of the molecule is COCC(=O)N1CCN(c2nc(N)nc3ncc(-c4ccc(OC)c(OC)c4)nc23)CC1. The zero-order chi connectivity index (χ0) is 22.7. The minimum absolute atomic E-state index is 0.0326. The molecule has 168 valence electrons. The van der Waals surface area contributed by atoms with Crippen LogP contribution in [-0.4, -0.2) is 84.9 Å². The number of fused-ring (bicyclic) bond motifs is 1. The number of hydrogen-bond donors (Lipinski definition) is 1. The number of carbonyl (C=O) groups excluding carboxylic acids is 1. The van der Waals surface area contributed by atoms with Crippen LogP contribution in [0.1, 0.15) is 0 Å². The molecule has 0 spiro atoms. The van der Waals surface area contributed by atoms with Crippen LogP contribution in [0.25, 0.3) is 22.4 Å². The Labute approximate surface area is 185 Å². The second kappa shape index (κ2) is 9.18. The number of anilines is 2. The van der Waals surface area contributed by atoms with E-state index in [1.807, 2.05) is 23.1 Å². The number of carbonyl (C=O) groups is 1. The van der Waals surface area contributed by atoms with Crippen LogP contribution < -0.4 is 20.1 Å². The smallest absolute Gasteiger partial charge is 0.248 e. The number of nitrogens with zero attached hydrogens (tertiary/aromatic N) is 6. The molecule has 1 aliphatic rings. The van der Waals surface area contributed by atoms with Crippen molar-refractivity contribution >= 4 is 28.8 Å². The Morgan fingerprint density at radius 1 is 1.03 bits per heavy atom. The predicted molar refractivity (Wildman–Crippen MR) is 119 cm³/mol. The zero-order valence-corrected chi connectivity index (χ0v) is 18.2. The van der Waals surface area contributed by atoms with E-state index < -0.39 is 0 Å². The zero-order valence-electron chi connectivity index (χ0n) is 18.2. The molecule has 11 nitrogen and oxygen atoms in total. The molecule has 11 heteroatoms. The summed E-state index contributed by atoms with van der Waals surface area (Å²) in [6, 6.07) is 5.54. The summed E-state index contributed by atoms with van der Waals surface area (Å²) < 4.78 is 15.7. The van der Waals surface area contributed by atoms with E-state index in [9.17, 15) is 4.79 Å². The van der Waals surface area contributed by atoms with Gasteiger partial charge in [-0.1, -0.05) is 0 Å². The summed E-state index contributed by atoms with van der Waals surface area (Å²) in [6.07, 6.45) is 1.64. The Kier molecular flexibility index (Phi) is 6.17. The summed E-state index contributed by atoms with van der Waals surface area (Å²) >= 11 is 0. The molecule has 4 rings (SSSR count). The molecule has 1 aromatic carbocycles. The Hall–Kier alpha value is -3.73. The third kappa shape index (κ3) is 4.19. The normalized spacial score (nSPS) is 14.0. The Morgan fingerprint density at radius 2 is 1.78 bits per heavy atom. The largest absolute Gasteiger partial charge is 0.493 e. The van der Waals surface area contributed by atoms with Gasteiger partial charge in [-0.2, -0.15) is 9.97 Å². The first-order valence-electron chi connectivity index (χ1n) is 10.1. The van der Waals surface area contributed by atoms with Gasteiger partial charge in [0.1, 0.15) is 6.61 Å². The number of nitrogens with two attached hydrogens (primary N) is 1. The van der Waals surface area contributed by atoms with Crippen LogP contribution in [0.15, 0.2) is 24.4 Å². The number of ether oxygens (including phenoxy) is 3. The molecule has 0 aliphatic carbocycles. The summed E-state index contributed by atoms with van der Waals surface area (Å²) in [5, 5.41) is 0. The average Bonchev–Trinajstić information content (AvgIpc) is 2.83. The number of amides is 1. The first-order chi connectivity index (χ1) is 15.5. The lowest BCUT2D eigenvalue weighted by Gasteiger charge is -2.35. The molecule has 0 saturated carbocycles. The van der Waals surface area contributed by atoms with E-state index in [1.54, 1.807) is 25.3 Å². The summed E-state index contributed by atoms with van der Waals surface area (Å²) in [4.78, 5) is 33.9. The highest BCUT2D eigenvalue weighted by molar-refractivity contribution is 5.86. The Morgan fingerprint density at radius 3 is 2.47 bits per heavy atom. The second-order valence-corrected chi connectivity index (χ2v) is 7.20. The minimum atomic E-state index is -0.0326. The maximum atomic E-state index is 12.1. The summed E-state index contributed by atoms with van der Waals surface area (Å²) in [6.45, 7) is 2.35. The first-order valence-corrected chi connectivity index (χ1v) is 10.1. The Bertz CT molecular complexity index is 1130. The number of methoxy groups -OCH3 is 3. The fourth-order valence-corrected chi connectivity index (χ4v) is 3.65. The lowest BCUT2D eigenvalue weighted by molar-refractivity contribution is -0.135. The van der Waals surface area contributed by atoms with Crippen LogP contribution in [0.3, 0.4) is 0 Å². The molecule has 2 aromatic heterocycles. The molecule has 1 fully saturated rings. The van der Waals surface area contributed by atoms with Crippen LogP contribution in [0.4, 0.5) is 11.8 Å². The van der Waals surface area contributed by atoms with Gasteiger partial charge in [-0.15, -0.1) is 0 Å². The molecule has 0 unspecified atom stereocenters. The van der Waals surface area contributed by atoms with Crippen LogP contribution in [0.2, 0.25) is 0 Å². The fourth-order valence-electron chi connectivity index (χ4n) is 3.65. The van der Waals surface area contributed by atoms with Crippen LogP contribution in [0, 0.1) is 0 Å². The van der Waals surface area contributed by atoms with Crippen molar-refractivity contribution in [1.29, 1.82) is 0 Å². The lowest BCUT2D eigenvalue weighted by atomic mass is 10.1. The maximum absolute atomic E-state index is 12.1. The molecular formula is C21H25N7O4. The number of rotatable bonds is 6. The fraction of sp³-hybridized carbons (Fsp3) is 0.381. The van der Waals surface area contributed by atoms with E-state index in [1.165, 1.54) is 7.11 Å². The predicted octanol–water partition coefficient (Wildman–Crippen LogP) is 0.981. The van der Waals surface area contributed by atoms with Gasteiger partial charge in [0.2, 0.25) is 11.9 Å². The monoisotopic (exact) mass is 439 g/mol. The highest BCUT2D eigenvalue weighted by atomic mass is 16.5. The van der Waals surface area contributed by atoms with E-state index in [0.717, 1.165) is 5.56 Å². The Balaban J connectivity index is 1.68. The quantitative estimate of drug-likeness (QED) is 0.593. The van der Waals surface area contributed by atoms with Crippen molar-refractivity contribution in [3.63, 3.8) is 0 Å². The standard InChI is InChI=1S/C21H25N7O4/c1-30-12-17(29)27-6-8-28(9-7-27)20-18-19(25-21(22)26-20)23-11-14(24-18)13-4-5-15(31-2)16(10-13)32-3/h4-5,10-11H,6-9,12H2,1-3H3,(H2,22,23,25,26). The molecule has 1 amide bonds. The van der Waals surface area contributed by atoms with E-state index in [4.69, 9.17) is 24.9 Å². The second-order valence-electron chi connectivity index (χ2n) is 7.20. The highest BCUT2D eigenvalue weighted by Gasteiger charge is 2.24. The molecule has 1 saturated heterocycles. The third-order valence-electron chi connectivity index (χ3n) is 5.28. The molecule has 3 heterocycles. The van der Waals surface area contributed by atoms with Gasteiger partial charge >= 0.3 is 0 Å². The molecule has 0 radical (unpaired) electrons. The van der Waals surface area contributed by atoms with Crippen LogP contribution in [-0.2, 0) is 9.53 Å². The van der Waals surface area contributed by atoms with Crippen molar-refractivity contribution in [2.45, 2.75) is 0 Å². The van der Waals surface area contributed by atoms with Crippen molar-refractivity contribution in [2.75, 3.05) is 64.7 Å². The van der Waals surface area contributed by atoms with Gasteiger partial charge < -0.3 is 29.7 Å². The third-order valence-corrected chi connectivity index (χ3v) is 5.28. The lowest BCUT2D eigenvalue weighted by Crippen LogP contribution is -2.50. The number of nitrogen functional groups attached to an aromatic ring is 1. The van der Waals surface area contributed by atoms with Gasteiger partial charge in [0.25, 0.3) is 0 Å². The molecule has 3 aromatic rings. The number of benzene rings is 1. The van der Waals surface area contributed by atoms with Gasteiger partial charge in [-0.3, -0.25) is 4.79 Å². The maximum Gasteiger partial charge on any atom is 0.248 e. The summed E-state index contributed by atoms with van der Waals surface area (Å²) in [7, 11) is 4.68. The van der Waals surface area contributed by atoms with Crippen molar-refractivity contribution in [3.8, 4) is 22.8 Å². The number of piperazine rings is 1. The van der Waals surface area contributed by atoms with Crippen LogP contribution in [0.5, 0.6) is 11.5 Å². The van der Waals surface area contributed by atoms with Gasteiger partial charge in [-0.05, 0) is 18.2 Å². The van der Waals surface area contributed by atoms with Crippen molar-refractivity contribution < 1.29 is 19.0 Å². The van der Waals surface area contributed by atoms with E-state index in [-0.39, 0.29) is 18.5 Å².